The van der Waals surface area contributed by atoms with E-state index < -0.39 is 17.7 Å². The summed E-state index contributed by atoms with van der Waals surface area (Å²) in [6.45, 7) is 1.34. The molecule has 1 aliphatic rings. The van der Waals surface area contributed by atoms with Gasteiger partial charge in [0.25, 0.3) is 5.91 Å². The van der Waals surface area contributed by atoms with Crippen LogP contribution in [0.3, 0.4) is 0 Å². The Morgan fingerprint density at radius 3 is 2.50 bits per heavy atom. The zero-order chi connectivity index (χ0) is 17.3. The fraction of sp³-hybridized carbons (Fsp3) is 0.167. The smallest absolute Gasteiger partial charge is 0.294 e. The second-order valence-corrected chi connectivity index (χ2v) is 5.38. The number of amides is 1. The lowest BCUT2D eigenvalue weighted by Gasteiger charge is -2.26. The van der Waals surface area contributed by atoms with Crippen LogP contribution in [0.15, 0.2) is 60.1 Å². The maximum atomic E-state index is 12.5. The van der Waals surface area contributed by atoms with Gasteiger partial charge in [-0.05, 0) is 36.8 Å². The lowest BCUT2D eigenvalue weighted by molar-refractivity contribution is -0.117. The average Bonchev–Trinajstić information content (AvgIpc) is 2.87. The number of ether oxygens (including phenoxy) is 1. The van der Waals surface area contributed by atoms with Gasteiger partial charge in [-0.15, -0.1) is 0 Å². The Morgan fingerprint density at radius 2 is 1.96 bits per heavy atom. The van der Waals surface area contributed by atoms with E-state index >= 15 is 0 Å². The first-order chi connectivity index (χ1) is 11.5. The molecule has 2 aromatic rings. The SMILES string of the molecule is COc1ccc([C@@H]2C(C(C)=O)=C(O)C(=O)N2c2cccnc2)cc1. The summed E-state index contributed by atoms with van der Waals surface area (Å²) in [7, 11) is 1.56. The highest BCUT2D eigenvalue weighted by Gasteiger charge is 2.43. The number of aliphatic hydroxyl groups excluding tert-OH is 1. The molecule has 1 atom stereocenters. The number of Topliss-reactive ketones (excluding diaryl/α,β-unsaturated/α-hetero) is 1. The van der Waals surface area contributed by atoms with E-state index in [9.17, 15) is 14.7 Å². The molecule has 3 rings (SSSR count). The van der Waals surface area contributed by atoms with Crippen LogP contribution in [0, 0.1) is 0 Å². The second kappa shape index (κ2) is 6.16. The van der Waals surface area contributed by atoms with E-state index in [4.69, 9.17) is 4.74 Å². The first-order valence-corrected chi connectivity index (χ1v) is 7.36. The van der Waals surface area contributed by atoms with Gasteiger partial charge >= 0.3 is 0 Å². The summed E-state index contributed by atoms with van der Waals surface area (Å²) in [6.07, 6.45) is 3.11. The molecule has 1 aromatic heterocycles. The number of aromatic nitrogens is 1. The topological polar surface area (TPSA) is 79.7 Å². The maximum Gasteiger partial charge on any atom is 0.294 e. The Balaban J connectivity index is 2.14. The van der Waals surface area contributed by atoms with Crippen molar-refractivity contribution in [3.63, 3.8) is 0 Å². The van der Waals surface area contributed by atoms with Crippen molar-refractivity contribution < 1.29 is 19.4 Å². The van der Waals surface area contributed by atoms with Crippen molar-refractivity contribution in [3.8, 4) is 5.75 Å². The molecule has 0 saturated carbocycles. The summed E-state index contributed by atoms with van der Waals surface area (Å²) in [5.74, 6) is -0.831. The van der Waals surface area contributed by atoms with Crippen LogP contribution in [0.1, 0.15) is 18.5 Å². The zero-order valence-corrected chi connectivity index (χ0v) is 13.3. The van der Waals surface area contributed by atoms with Crippen LogP contribution in [-0.2, 0) is 9.59 Å². The molecule has 0 spiro atoms. The zero-order valence-electron chi connectivity index (χ0n) is 13.3. The van der Waals surface area contributed by atoms with Gasteiger partial charge in [0.1, 0.15) is 5.75 Å². The number of benzene rings is 1. The van der Waals surface area contributed by atoms with Crippen LogP contribution in [0.5, 0.6) is 5.75 Å². The fourth-order valence-corrected chi connectivity index (χ4v) is 2.83. The number of carbonyl (C=O) groups excluding carboxylic acids is 2. The molecule has 0 fully saturated rings. The Labute approximate surface area is 139 Å². The van der Waals surface area contributed by atoms with E-state index in [2.05, 4.69) is 4.98 Å². The number of nitrogens with zero attached hydrogens (tertiary/aromatic N) is 2. The fourth-order valence-electron chi connectivity index (χ4n) is 2.83. The molecule has 1 N–H and O–H groups in total. The maximum absolute atomic E-state index is 12.5. The Hall–Kier alpha value is -3.15. The van der Waals surface area contributed by atoms with E-state index in [1.807, 2.05) is 0 Å². The van der Waals surface area contributed by atoms with Crippen LogP contribution in [0.4, 0.5) is 5.69 Å². The molecule has 1 aliphatic heterocycles. The first kappa shape index (κ1) is 15.7. The second-order valence-electron chi connectivity index (χ2n) is 5.38. The molecule has 1 amide bonds. The summed E-state index contributed by atoms with van der Waals surface area (Å²) in [4.78, 5) is 30.0. The standard InChI is InChI=1S/C18H16N2O4/c1-11(21)15-16(12-5-7-14(24-2)8-6-12)20(18(23)17(15)22)13-4-3-9-19-10-13/h3-10,16,22H,1-2H3/t16-/m1/s1. The van der Waals surface area contributed by atoms with E-state index in [0.717, 1.165) is 0 Å². The lowest BCUT2D eigenvalue weighted by atomic mass is 9.96. The van der Waals surface area contributed by atoms with Crippen molar-refractivity contribution in [1.29, 1.82) is 0 Å². The number of ketones is 1. The molecule has 0 radical (unpaired) electrons. The number of aliphatic hydroxyl groups is 1. The van der Waals surface area contributed by atoms with Crippen molar-refractivity contribution in [2.24, 2.45) is 0 Å². The average molecular weight is 324 g/mol. The summed E-state index contributed by atoms with van der Waals surface area (Å²) >= 11 is 0. The molecule has 2 heterocycles. The molecular weight excluding hydrogens is 308 g/mol. The minimum absolute atomic E-state index is 0.0778. The number of rotatable bonds is 4. The van der Waals surface area contributed by atoms with Crippen molar-refractivity contribution in [2.45, 2.75) is 13.0 Å². The number of anilines is 1. The van der Waals surface area contributed by atoms with Gasteiger partial charge in [0.2, 0.25) is 0 Å². The van der Waals surface area contributed by atoms with Crippen molar-refractivity contribution in [3.05, 3.63) is 65.7 Å². The van der Waals surface area contributed by atoms with Crippen LogP contribution >= 0.6 is 0 Å². The predicted octanol–water partition coefficient (Wildman–Crippen LogP) is 2.58. The molecule has 6 heteroatoms. The summed E-state index contributed by atoms with van der Waals surface area (Å²) in [6, 6.07) is 9.71. The molecule has 24 heavy (non-hydrogen) atoms. The summed E-state index contributed by atoms with van der Waals surface area (Å²) in [5.41, 5.74) is 1.28. The lowest BCUT2D eigenvalue weighted by Crippen LogP contribution is -2.30. The highest BCUT2D eigenvalue weighted by molar-refractivity contribution is 6.16. The molecule has 122 valence electrons. The van der Waals surface area contributed by atoms with E-state index in [1.54, 1.807) is 49.7 Å². The Bertz CT molecular complexity index is 813. The molecule has 6 nitrogen and oxygen atoms in total. The van der Waals surface area contributed by atoms with Crippen LogP contribution in [-0.4, -0.2) is 28.9 Å². The third-order valence-corrected chi connectivity index (χ3v) is 3.94. The highest BCUT2D eigenvalue weighted by Crippen LogP contribution is 2.40. The molecule has 1 aromatic carbocycles. The minimum atomic E-state index is -0.704. The molecule has 0 bridgehead atoms. The Kier molecular flexibility index (Phi) is 4.04. The number of methoxy groups -OCH3 is 1. The van der Waals surface area contributed by atoms with Crippen LogP contribution in [0.25, 0.3) is 0 Å². The van der Waals surface area contributed by atoms with Crippen molar-refractivity contribution in [1.82, 2.24) is 4.98 Å². The number of pyridine rings is 1. The van der Waals surface area contributed by atoms with Gasteiger partial charge in [0.15, 0.2) is 11.5 Å². The van der Waals surface area contributed by atoms with Crippen molar-refractivity contribution in [2.75, 3.05) is 12.0 Å². The monoisotopic (exact) mass is 324 g/mol. The van der Waals surface area contributed by atoms with Gasteiger partial charge in [-0.25, -0.2) is 0 Å². The number of carbonyl (C=O) groups is 2. The molecule has 0 aliphatic carbocycles. The minimum Gasteiger partial charge on any atom is -0.503 e. The van der Waals surface area contributed by atoms with Gasteiger partial charge in [-0.1, -0.05) is 12.1 Å². The van der Waals surface area contributed by atoms with E-state index in [0.29, 0.717) is 17.0 Å². The van der Waals surface area contributed by atoms with Gasteiger partial charge in [-0.3, -0.25) is 19.5 Å². The quantitative estimate of drug-likeness (QED) is 0.935. The third kappa shape index (κ3) is 2.52. The van der Waals surface area contributed by atoms with Gasteiger partial charge < -0.3 is 9.84 Å². The van der Waals surface area contributed by atoms with Crippen LogP contribution in [0.2, 0.25) is 0 Å². The summed E-state index contributed by atoms with van der Waals surface area (Å²) < 4.78 is 5.14. The van der Waals surface area contributed by atoms with Gasteiger partial charge in [0, 0.05) is 6.20 Å². The first-order valence-electron chi connectivity index (χ1n) is 7.36. The number of hydrogen-bond acceptors (Lipinski definition) is 5. The largest absolute Gasteiger partial charge is 0.503 e. The third-order valence-electron chi connectivity index (χ3n) is 3.94. The van der Waals surface area contributed by atoms with Gasteiger partial charge in [-0.2, -0.15) is 0 Å². The Morgan fingerprint density at radius 1 is 1.25 bits per heavy atom. The molecule has 0 unspecified atom stereocenters. The normalized spacial score (nSPS) is 17.3. The predicted molar refractivity (Wildman–Crippen MR) is 87.8 cm³/mol. The van der Waals surface area contributed by atoms with Gasteiger partial charge in [0.05, 0.1) is 30.6 Å². The molecular formula is C18H16N2O4. The van der Waals surface area contributed by atoms with E-state index in [1.165, 1.54) is 18.0 Å². The van der Waals surface area contributed by atoms with Crippen molar-refractivity contribution >= 4 is 17.4 Å². The summed E-state index contributed by atoms with van der Waals surface area (Å²) in [5, 5.41) is 10.2. The number of hydrogen-bond donors (Lipinski definition) is 1. The molecule has 0 saturated heterocycles. The van der Waals surface area contributed by atoms with E-state index in [-0.39, 0.29) is 11.4 Å². The van der Waals surface area contributed by atoms with Crippen LogP contribution < -0.4 is 9.64 Å². The highest BCUT2D eigenvalue weighted by atomic mass is 16.5.